The van der Waals surface area contributed by atoms with Gasteiger partial charge in [0.25, 0.3) is 5.56 Å². The number of ether oxygens (including phenoxy) is 2. The van der Waals surface area contributed by atoms with Crippen molar-refractivity contribution in [1.29, 1.82) is 0 Å². The van der Waals surface area contributed by atoms with Crippen molar-refractivity contribution < 1.29 is 19.1 Å². The van der Waals surface area contributed by atoms with Crippen LogP contribution >= 0.6 is 11.3 Å². The molecule has 0 saturated carbocycles. The third-order valence-corrected chi connectivity index (χ3v) is 6.54. The second-order valence-electron chi connectivity index (χ2n) is 7.71. The largest absolute Gasteiger partial charge is 0.462 e. The smallest absolute Gasteiger partial charge is 0.348 e. The van der Waals surface area contributed by atoms with Gasteiger partial charge in [-0.05, 0) is 42.7 Å². The van der Waals surface area contributed by atoms with Crippen LogP contribution in [-0.2, 0) is 22.4 Å². The van der Waals surface area contributed by atoms with Crippen molar-refractivity contribution >= 4 is 33.5 Å². The third kappa shape index (κ3) is 5.07. The second-order valence-corrected chi connectivity index (χ2v) is 8.71. The van der Waals surface area contributed by atoms with Crippen molar-refractivity contribution in [2.24, 2.45) is 0 Å². The van der Waals surface area contributed by atoms with Crippen LogP contribution in [0.3, 0.4) is 0 Å². The zero-order valence-corrected chi connectivity index (χ0v) is 19.8. The minimum atomic E-state index is -0.454. The Morgan fingerprint density at radius 1 is 1.00 bits per heavy atom. The molecule has 0 spiro atoms. The fourth-order valence-corrected chi connectivity index (χ4v) is 4.68. The normalized spacial score (nSPS) is 10.9. The lowest BCUT2D eigenvalue weighted by molar-refractivity contribution is 0.0509. The third-order valence-electron chi connectivity index (χ3n) is 5.36. The Balaban J connectivity index is 1.53. The first kappa shape index (κ1) is 23.4. The van der Waals surface area contributed by atoms with Crippen LogP contribution < -0.4 is 5.56 Å². The molecule has 0 radical (unpaired) electrons. The van der Waals surface area contributed by atoms with Crippen LogP contribution in [-0.4, -0.2) is 34.7 Å². The molecule has 34 heavy (non-hydrogen) atoms. The number of esters is 2. The molecule has 0 aliphatic heterocycles. The molecule has 8 heteroatoms. The number of benzene rings is 2. The van der Waals surface area contributed by atoms with Gasteiger partial charge in [-0.3, -0.25) is 9.36 Å². The standard InChI is InChI=1S/C26H24N2O5S/c1-3-32-25(30)20-11-7-10-19(14-20)15-28-16-27-23-21(24(28)29)17(2)22(34-23)26(31)33-13-12-18-8-5-4-6-9-18/h4-11,14,16H,3,12-13,15H2,1-2H3. The summed E-state index contributed by atoms with van der Waals surface area (Å²) in [6, 6.07) is 16.7. The lowest BCUT2D eigenvalue weighted by Crippen LogP contribution is -2.21. The van der Waals surface area contributed by atoms with E-state index in [4.69, 9.17) is 9.47 Å². The van der Waals surface area contributed by atoms with E-state index in [1.54, 1.807) is 32.0 Å². The van der Waals surface area contributed by atoms with Crippen molar-refractivity contribution in [3.8, 4) is 0 Å². The fourth-order valence-electron chi connectivity index (χ4n) is 3.65. The van der Waals surface area contributed by atoms with E-state index in [9.17, 15) is 14.4 Å². The Morgan fingerprint density at radius 2 is 1.76 bits per heavy atom. The van der Waals surface area contributed by atoms with E-state index >= 15 is 0 Å². The van der Waals surface area contributed by atoms with E-state index < -0.39 is 11.9 Å². The van der Waals surface area contributed by atoms with E-state index in [2.05, 4.69) is 4.98 Å². The summed E-state index contributed by atoms with van der Waals surface area (Å²) in [6.45, 7) is 4.27. The van der Waals surface area contributed by atoms with Gasteiger partial charge in [0, 0.05) is 6.42 Å². The number of carbonyl (C=O) groups excluding carboxylic acids is 2. The molecule has 2 aromatic carbocycles. The quantitative estimate of drug-likeness (QED) is 0.351. The Bertz CT molecular complexity index is 1390. The summed E-state index contributed by atoms with van der Waals surface area (Å²) in [6.07, 6.45) is 2.08. The molecule has 0 bridgehead atoms. The summed E-state index contributed by atoms with van der Waals surface area (Å²) in [5.41, 5.74) is 2.59. The average Bonchev–Trinajstić information content (AvgIpc) is 3.19. The highest BCUT2D eigenvalue weighted by Gasteiger charge is 2.21. The summed E-state index contributed by atoms with van der Waals surface area (Å²) < 4.78 is 12.0. The first-order valence-electron chi connectivity index (χ1n) is 10.9. The Morgan fingerprint density at radius 3 is 2.53 bits per heavy atom. The number of aromatic nitrogens is 2. The van der Waals surface area contributed by atoms with Gasteiger partial charge in [-0.2, -0.15) is 0 Å². The summed E-state index contributed by atoms with van der Waals surface area (Å²) in [5, 5.41) is 0.407. The Hall–Kier alpha value is -3.78. The molecule has 2 heterocycles. The number of carbonyl (C=O) groups is 2. The van der Waals surface area contributed by atoms with Crippen molar-refractivity contribution in [2.75, 3.05) is 13.2 Å². The van der Waals surface area contributed by atoms with E-state index in [-0.39, 0.29) is 25.3 Å². The molecular weight excluding hydrogens is 452 g/mol. The summed E-state index contributed by atoms with van der Waals surface area (Å²) in [7, 11) is 0. The van der Waals surface area contributed by atoms with Gasteiger partial charge in [0.2, 0.25) is 0 Å². The molecule has 4 rings (SSSR count). The number of rotatable bonds is 8. The van der Waals surface area contributed by atoms with Crippen LogP contribution in [0.15, 0.2) is 65.7 Å². The molecular formula is C26H24N2O5S. The van der Waals surface area contributed by atoms with Gasteiger partial charge in [0.05, 0.1) is 37.0 Å². The van der Waals surface area contributed by atoms with Crippen molar-refractivity contribution in [3.05, 3.63) is 98.4 Å². The number of hydrogen-bond donors (Lipinski definition) is 0. The predicted molar refractivity (Wildman–Crippen MR) is 131 cm³/mol. The van der Waals surface area contributed by atoms with Crippen LogP contribution in [0.4, 0.5) is 0 Å². The topological polar surface area (TPSA) is 87.5 Å². The monoisotopic (exact) mass is 476 g/mol. The number of aryl methyl sites for hydroxylation is 1. The predicted octanol–water partition coefficient (Wildman–Crippen LogP) is 4.39. The fraction of sp³-hybridized carbons (Fsp3) is 0.231. The van der Waals surface area contributed by atoms with Gasteiger partial charge in [0.15, 0.2) is 0 Å². The maximum Gasteiger partial charge on any atom is 0.348 e. The molecule has 0 N–H and O–H groups in total. The van der Waals surface area contributed by atoms with Gasteiger partial charge < -0.3 is 9.47 Å². The van der Waals surface area contributed by atoms with E-state index in [0.717, 1.165) is 22.5 Å². The first-order valence-corrected chi connectivity index (χ1v) is 11.7. The second kappa shape index (κ2) is 10.4. The molecule has 0 atom stereocenters. The number of hydrogen-bond acceptors (Lipinski definition) is 7. The zero-order chi connectivity index (χ0) is 24.1. The van der Waals surface area contributed by atoms with Crippen molar-refractivity contribution in [2.45, 2.75) is 26.8 Å². The van der Waals surface area contributed by atoms with Crippen LogP contribution in [0.25, 0.3) is 10.2 Å². The maximum atomic E-state index is 13.2. The lowest BCUT2D eigenvalue weighted by Gasteiger charge is -2.08. The molecule has 174 valence electrons. The molecule has 7 nitrogen and oxygen atoms in total. The Kier molecular flexibility index (Phi) is 7.18. The van der Waals surface area contributed by atoms with E-state index in [0.29, 0.717) is 32.6 Å². The summed E-state index contributed by atoms with van der Waals surface area (Å²) in [4.78, 5) is 43.2. The van der Waals surface area contributed by atoms with Crippen LogP contribution in [0.5, 0.6) is 0 Å². The molecule has 4 aromatic rings. The van der Waals surface area contributed by atoms with E-state index in [1.807, 2.05) is 36.4 Å². The summed E-state index contributed by atoms with van der Waals surface area (Å²) in [5.74, 6) is -0.862. The molecule has 0 saturated heterocycles. The highest BCUT2D eigenvalue weighted by molar-refractivity contribution is 7.20. The van der Waals surface area contributed by atoms with Crippen LogP contribution in [0.2, 0.25) is 0 Å². The molecule has 0 aliphatic rings. The van der Waals surface area contributed by atoms with Gasteiger partial charge in [-0.25, -0.2) is 14.6 Å². The van der Waals surface area contributed by atoms with E-state index in [1.165, 1.54) is 10.9 Å². The molecule has 0 fully saturated rings. The molecule has 0 unspecified atom stereocenters. The van der Waals surface area contributed by atoms with Crippen molar-refractivity contribution in [3.63, 3.8) is 0 Å². The van der Waals surface area contributed by atoms with Gasteiger partial charge in [0.1, 0.15) is 9.71 Å². The maximum absolute atomic E-state index is 13.2. The van der Waals surface area contributed by atoms with Gasteiger partial charge in [-0.15, -0.1) is 11.3 Å². The first-order chi connectivity index (χ1) is 16.5. The highest BCUT2D eigenvalue weighted by Crippen LogP contribution is 2.27. The zero-order valence-electron chi connectivity index (χ0n) is 18.9. The summed E-state index contributed by atoms with van der Waals surface area (Å²) >= 11 is 1.16. The average molecular weight is 477 g/mol. The van der Waals surface area contributed by atoms with Crippen LogP contribution in [0.1, 0.15) is 43.6 Å². The SMILES string of the molecule is CCOC(=O)c1cccc(Cn2cnc3sc(C(=O)OCCc4ccccc4)c(C)c3c2=O)c1. The number of thiophene rings is 1. The molecule has 0 aliphatic carbocycles. The van der Waals surface area contributed by atoms with Gasteiger partial charge >= 0.3 is 11.9 Å². The minimum Gasteiger partial charge on any atom is -0.462 e. The number of nitrogens with zero attached hydrogens (tertiary/aromatic N) is 2. The molecule has 0 amide bonds. The highest BCUT2D eigenvalue weighted by atomic mass is 32.1. The lowest BCUT2D eigenvalue weighted by atomic mass is 10.1. The van der Waals surface area contributed by atoms with Gasteiger partial charge in [-0.1, -0.05) is 42.5 Å². The molecule has 2 aromatic heterocycles. The minimum absolute atomic E-state index is 0.237. The number of fused-ring (bicyclic) bond motifs is 1. The van der Waals surface area contributed by atoms with Crippen LogP contribution in [0, 0.1) is 6.92 Å². The Labute approximate surface area is 200 Å². The van der Waals surface area contributed by atoms with Crippen molar-refractivity contribution in [1.82, 2.24) is 9.55 Å².